The Morgan fingerprint density at radius 2 is 2.00 bits per heavy atom. The molecule has 1 aliphatic carbocycles. The van der Waals surface area contributed by atoms with Crippen molar-refractivity contribution in [3.63, 3.8) is 0 Å². The number of aromatic nitrogens is 4. The Hall–Kier alpha value is -3.36. The van der Waals surface area contributed by atoms with Gasteiger partial charge >= 0.3 is 0 Å². The molecule has 0 aliphatic heterocycles. The largest absolute Gasteiger partial charge is 0.366 e. The molecule has 0 saturated heterocycles. The number of carbonyl (C=O) groups is 1. The van der Waals surface area contributed by atoms with Gasteiger partial charge in [-0.3, -0.25) is 9.78 Å². The third-order valence-electron chi connectivity index (χ3n) is 4.27. The van der Waals surface area contributed by atoms with Gasteiger partial charge < -0.3 is 15.6 Å². The van der Waals surface area contributed by atoms with Gasteiger partial charge in [-0.05, 0) is 37.0 Å². The van der Waals surface area contributed by atoms with E-state index in [2.05, 4.69) is 20.3 Å². The molecule has 3 aromatic rings. The van der Waals surface area contributed by atoms with Gasteiger partial charge in [0.2, 0.25) is 11.9 Å². The first-order valence-corrected chi connectivity index (χ1v) is 8.75. The maximum Gasteiger partial charge on any atom is 0.250 e. The van der Waals surface area contributed by atoms with E-state index in [1.807, 2.05) is 0 Å². The fourth-order valence-corrected chi connectivity index (χ4v) is 2.65. The van der Waals surface area contributed by atoms with Crippen LogP contribution in [0.1, 0.15) is 23.2 Å². The molecule has 0 unspecified atom stereocenters. The second kappa shape index (κ2) is 9.03. The summed E-state index contributed by atoms with van der Waals surface area (Å²) in [7, 11) is 0. The Kier molecular flexibility index (Phi) is 6.25. The number of anilines is 1. The number of hydrogen-bond acceptors (Lipinski definition) is 5. The topological polar surface area (TPSA) is 98.7 Å². The monoisotopic (exact) mass is 386 g/mol. The number of hydrogen-bond donors (Lipinski definition) is 2. The van der Waals surface area contributed by atoms with Crippen LogP contribution >= 0.6 is 0 Å². The number of amides is 1. The first-order valence-electron chi connectivity index (χ1n) is 8.75. The number of nitrogens with two attached hydrogens (primary N) is 1. The fourth-order valence-electron chi connectivity index (χ4n) is 2.65. The molecule has 4 rings (SSSR count). The summed E-state index contributed by atoms with van der Waals surface area (Å²) >= 11 is 0. The first kappa shape index (κ1) is 19.4. The Balaban J connectivity index is 0.000000271. The third-order valence-corrected chi connectivity index (χ3v) is 4.27. The molecule has 1 amide bonds. The number of primary amides is 1. The van der Waals surface area contributed by atoms with Gasteiger partial charge in [-0.1, -0.05) is 0 Å². The van der Waals surface area contributed by atoms with E-state index in [4.69, 9.17) is 5.73 Å². The van der Waals surface area contributed by atoms with E-state index < -0.39 is 12.1 Å². The average molecular weight is 386 g/mol. The number of rotatable bonds is 5. The molecule has 146 valence electrons. The van der Waals surface area contributed by atoms with E-state index in [1.54, 1.807) is 41.5 Å². The average Bonchev–Trinajstić information content (AvgIpc) is 3.16. The summed E-state index contributed by atoms with van der Waals surface area (Å²) in [6.07, 6.45) is 9.94. The van der Waals surface area contributed by atoms with Gasteiger partial charge in [0.25, 0.3) is 0 Å². The van der Waals surface area contributed by atoms with Crippen molar-refractivity contribution in [2.24, 2.45) is 11.7 Å². The molecule has 0 aromatic carbocycles. The van der Waals surface area contributed by atoms with Crippen LogP contribution in [0.5, 0.6) is 0 Å². The second-order valence-corrected chi connectivity index (χ2v) is 6.42. The zero-order chi connectivity index (χ0) is 19.9. The van der Waals surface area contributed by atoms with E-state index in [0.717, 1.165) is 5.69 Å². The summed E-state index contributed by atoms with van der Waals surface area (Å²) in [5.41, 5.74) is 6.38. The zero-order valence-electron chi connectivity index (χ0n) is 15.0. The molecule has 0 atom stereocenters. The third kappa shape index (κ3) is 5.32. The molecule has 0 bridgehead atoms. The van der Waals surface area contributed by atoms with Crippen LogP contribution < -0.4 is 11.1 Å². The number of pyridine rings is 1. The molecule has 3 aromatic heterocycles. The molecule has 0 radical (unpaired) electrons. The second-order valence-electron chi connectivity index (χ2n) is 6.42. The quantitative estimate of drug-likeness (QED) is 0.703. The SMILES string of the molecule is Fc1cccnc1.NC(=O)c1ccn(-c2cnc(NCC3CC(F)C3)nc2)c1. The van der Waals surface area contributed by atoms with Gasteiger partial charge in [-0.2, -0.15) is 0 Å². The minimum atomic E-state index is -0.645. The van der Waals surface area contributed by atoms with Crippen molar-refractivity contribution in [2.45, 2.75) is 19.0 Å². The lowest BCUT2D eigenvalue weighted by Crippen LogP contribution is -2.30. The molecule has 0 spiro atoms. The van der Waals surface area contributed by atoms with E-state index >= 15 is 0 Å². The molecule has 3 N–H and O–H groups in total. The Morgan fingerprint density at radius 1 is 1.25 bits per heavy atom. The number of carbonyl (C=O) groups excluding carboxylic acids is 1. The maximum atomic E-state index is 12.7. The molecule has 1 fully saturated rings. The lowest BCUT2D eigenvalue weighted by atomic mass is 9.83. The van der Waals surface area contributed by atoms with Crippen LogP contribution in [0.15, 0.2) is 55.4 Å². The molecular formula is C19H20F2N6O. The summed E-state index contributed by atoms with van der Waals surface area (Å²) in [4.78, 5) is 23.0. The Bertz CT molecular complexity index is 894. The van der Waals surface area contributed by atoms with Crippen LogP contribution in [0.25, 0.3) is 5.69 Å². The number of alkyl halides is 1. The minimum Gasteiger partial charge on any atom is -0.366 e. The van der Waals surface area contributed by atoms with Gasteiger partial charge in [0.05, 0.1) is 29.8 Å². The van der Waals surface area contributed by atoms with Crippen molar-refractivity contribution in [3.05, 3.63) is 66.8 Å². The van der Waals surface area contributed by atoms with Crippen molar-refractivity contribution in [3.8, 4) is 5.69 Å². The van der Waals surface area contributed by atoms with Gasteiger partial charge in [0.15, 0.2) is 0 Å². The molecular weight excluding hydrogens is 366 g/mol. The highest BCUT2D eigenvalue weighted by atomic mass is 19.1. The molecule has 9 heteroatoms. The predicted molar refractivity (Wildman–Crippen MR) is 100 cm³/mol. The van der Waals surface area contributed by atoms with Crippen LogP contribution in [-0.4, -0.2) is 38.1 Å². The fraction of sp³-hybridized carbons (Fsp3) is 0.263. The van der Waals surface area contributed by atoms with Gasteiger partial charge in [0, 0.05) is 25.1 Å². The van der Waals surface area contributed by atoms with Crippen LogP contribution in [-0.2, 0) is 0 Å². The highest BCUT2D eigenvalue weighted by Gasteiger charge is 2.28. The maximum absolute atomic E-state index is 12.7. The number of halogens is 2. The first-order chi connectivity index (χ1) is 13.5. The summed E-state index contributed by atoms with van der Waals surface area (Å²) in [6, 6.07) is 4.54. The molecule has 1 saturated carbocycles. The molecule has 28 heavy (non-hydrogen) atoms. The summed E-state index contributed by atoms with van der Waals surface area (Å²) in [5, 5.41) is 3.10. The lowest BCUT2D eigenvalue weighted by Gasteiger charge is -2.29. The Labute approximate surface area is 160 Å². The smallest absolute Gasteiger partial charge is 0.250 e. The normalized spacial score (nSPS) is 17.8. The van der Waals surface area contributed by atoms with Crippen molar-refractivity contribution >= 4 is 11.9 Å². The number of nitrogens with zero attached hydrogens (tertiary/aromatic N) is 4. The summed E-state index contributed by atoms with van der Waals surface area (Å²) < 4.78 is 26.3. The van der Waals surface area contributed by atoms with Crippen LogP contribution in [0, 0.1) is 11.7 Å². The Morgan fingerprint density at radius 3 is 2.50 bits per heavy atom. The predicted octanol–water partition coefficient (Wildman–Crippen LogP) is 2.75. The van der Waals surface area contributed by atoms with Crippen molar-refractivity contribution < 1.29 is 13.6 Å². The van der Waals surface area contributed by atoms with Crippen molar-refractivity contribution in [1.82, 2.24) is 19.5 Å². The van der Waals surface area contributed by atoms with Crippen molar-refractivity contribution in [1.29, 1.82) is 0 Å². The van der Waals surface area contributed by atoms with E-state index in [1.165, 1.54) is 18.5 Å². The van der Waals surface area contributed by atoms with Gasteiger partial charge in [-0.15, -0.1) is 0 Å². The van der Waals surface area contributed by atoms with E-state index in [9.17, 15) is 13.6 Å². The van der Waals surface area contributed by atoms with Gasteiger partial charge in [0.1, 0.15) is 12.0 Å². The summed E-state index contributed by atoms with van der Waals surface area (Å²) in [6.45, 7) is 0.690. The molecule has 1 aliphatic rings. The van der Waals surface area contributed by atoms with Crippen molar-refractivity contribution in [2.75, 3.05) is 11.9 Å². The van der Waals surface area contributed by atoms with Crippen LogP contribution in [0.4, 0.5) is 14.7 Å². The van der Waals surface area contributed by atoms with E-state index in [0.29, 0.717) is 36.8 Å². The number of nitrogens with one attached hydrogen (secondary N) is 1. The van der Waals surface area contributed by atoms with Gasteiger partial charge in [-0.25, -0.2) is 18.7 Å². The van der Waals surface area contributed by atoms with Crippen LogP contribution in [0.3, 0.4) is 0 Å². The standard InChI is InChI=1S/C14H16FN5O.C5H4FN/c15-11-3-9(4-11)5-17-14-18-6-12(7-19-14)20-2-1-10(8-20)13(16)21;6-5-2-1-3-7-4-5/h1-2,6-9,11H,3-5H2,(H2,16,21)(H,17,18,19);1-4H. The van der Waals surface area contributed by atoms with Crippen LogP contribution in [0.2, 0.25) is 0 Å². The zero-order valence-corrected chi connectivity index (χ0v) is 15.0. The molecule has 7 nitrogen and oxygen atoms in total. The van der Waals surface area contributed by atoms with E-state index in [-0.39, 0.29) is 5.82 Å². The molecule has 3 heterocycles. The highest BCUT2D eigenvalue weighted by molar-refractivity contribution is 5.92. The highest BCUT2D eigenvalue weighted by Crippen LogP contribution is 2.29. The summed E-state index contributed by atoms with van der Waals surface area (Å²) in [5.74, 6) is 0.122. The lowest BCUT2D eigenvalue weighted by molar-refractivity contribution is 0.100. The minimum absolute atomic E-state index is 0.289.